The Bertz CT molecular complexity index is 753. The highest BCUT2D eigenvalue weighted by molar-refractivity contribution is 7.98. The number of esters is 1. The molecule has 2 rings (SSSR count). The van der Waals surface area contributed by atoms with Crippen LogP contribution in [0.2, 0.25) is 5.02 Å². The van der Waals surface area contributed by atoms with Crippen molar-refractivity contribution < 1.29 is 14.3 Å². The predicted octanol–water partition coefficient (Wildman–Crippen LogP) is 3.02. The summed E-state index contributed by atoms with van der Waals surface area (Å²) in [6.07, 6.45) is 1.49. The van der Waals surface area contributed by atoms with E-state index in [9.17, 15) is 9.59 Å². The number of halogens is 1. The van der Waals surface area contributed by atoms with Gasteiger partial charge in [-0.3, -0.25) is 9.59 Å². The van der Waals surface area contributed by atoms with Crippen LogP contribution in [0.5, 0.6) is 0 Å². The minimum absolute atomic E-state index is 0.0833. The maximum atomic E-state index is 12.2. The van der Waals surface area contributed by atoms with Gasteiger partial charge in [0.15, 0.2) is 10.9 Å². The van der Waals surface area contributed by atoms with Crippen LogP contribution in [-0.2, 0) is 15.3 Å². The van der Waals surface area contributed by atoms with Crippen molar-refractivity contribution >= 4 is 35.2 Å². The van der Waals surface area contributed by atoms with Crippen LogP contribution in [0.1, 0.15) is 28.0 Å². The molecule has 6 nitrogen and oxygen atoms in total. The standard InChI is InChI=1S/C17H18ClN3O3S/c1-11-3-5-12(6-4-11)10-25-17-20-9-13(18)15(21-17)16(23)19-8-7-14(22)24-2/h3-6,9H,7-8,10H2,1-2H3,(H,19,23). The van der Waals surface area contributed by atoms with Gasteiger partial charge in [0.1, 0.15) is 0 Å². The molecule has 0 unspecified atom stereocenters. The number of hydrogen-bond acceptors (Lipinski definition) is 6. The molecule has 0 aliphatic rings. The van der Waals surface area contributed by atoms with Gasteiger partial charge in [-0.05, 0) is 12.5 Å². The number of aromatic nitrogens is 2. The Kier molecular flexibility index (Phi) is 7.21. The highest BCUT2D eigenvalue weighted by Crippen LogP contribution is 2.22. The molecule has 1 aromatic carbocycles. The number of nitrogens with one attached hydrogen (secondary N) is 1. The predicted molar refractivity (Wildman–Crippen MR) is 96.7 cm³/mol. The first kappa shape index (κ1) is 19.2. The normalized spacial score (nSPS) is 10.4. The van der Waals surface area contributed by atoms with Crippen molar-refractivity contribution in [3.05, 3.63) is 52.3 Å². The smallest absolute Gasteiger partial charge is 0.307 e. The largest absolute Gasteiger partial charge is 0.469 e. The molecule has 1 aromatic heterocycles. The zero-order valence-electron chi connectivity index (χ0n) is 13.9. The minimum atomic E-state index is -0.450. The molecular formula is C17H18ClN3O3S. The van der Waals surface area contributed by atoms with E-state index < -0.39 is 11.9 Å². The molecule has 0 spiro atoms. The molecule has 0 atom stereocenters. The van der Waals surface area contributed by atoms with Crippen molar-refractivity contribution in [1.82, 2.24) is 15.3 Å². The van der Waals surface area contributed by atoms with Gasteiger partial charge in [0.05, 0.1) is 24.8 Å². The molecule has 0 fully saturated rings. The topological polar surface area (TPSA) is 81.2 Å². The van der Waals surface area contributed by atoms with Crippen LogP contribution < -0.4 is 5.32 Å². The third-order valence-corrected chi connectivity index (χ3v) is 4.48. The number of rotatable bonds is 7. The van der Waals surface area contributed by atoms with Crippen LogP contribution >= 0.6 is 23.4 Å². The van der Waals surface area contributed by atoms with E-state index in [2.05, 4.69) is 20.0 Å². The molecule has 1 N–H and O–H groups in total. The molecule has 8 heteroatoms. The van der Waals surface area contributed by atoms with Crippen molar-refractivity contribution in [2.75, 3.05) is 13.7 Å². The van der Waals surface area contributed by atoms with Gasteiger partial charge in [0, 0.05) is 12.3 Å². The van der Waals surface area contributed by atoms with Gasteiger partial charge in [0.2, 0.25) is 0 Å². The van der Waals surface area contributed by atoms with Gasteiger partial charge in [0.25, 0.3) is 5.91 Å². The highest BCUT2D eigenvalue weighted by Gasteiger charge is 2.14. The molecule has 0 radical (unpaired) electrons. The number of benzene rings is 1. The van der Waals surface area contributed by atoms with E-state index in [1.54, 1.807) is 0 Å². The van der Waals surface area contributed by atoms with E-state index in [4.69, 9.17) is 11.6 Å². The molecule has 132 valence electrons. The lowest BCUT2D eigenvalue weighted by Gasteiger charge is -2.07. The zero-order chi connectivity index (χ0) is 18.2. The summed E-state index contributed by atoms with van der Waals surface area (Å²) >= 11 is 7.42. The average molecular weight is 380 g/mol. The van der Waals surface area contributed by atoms with Gasteiger partial charge < -0.3 is 10.1 Å². The second kappa shape index (κ2) is 9.39. The van der Waals surface area contributed by atoms with Crippen LogP contribution in [-0.4, -0.2) is 35.5 Å². The fourth-order valence-corrected chi connectivity index (χ4v) is 2.82. The summed E-state index contributed by atoms with van der Waals surface area (Å²) in [6, 6.07) is 8.16. The van der Waals surface area contributed by atoms with E-state index in [0.717, 1.165) is 5.56 Å². The Balaban J connectivity index is 1.97. The molecule has 2 aromatic rings. The number of methoxy groups -OCH3 is 1. The Morgan fingerprint density at radius 2 is 2.00 bits per heavy atom. The summed E-state index contributed by atoms with van der Waals surface area (Å²) in [5.74, 6) is -0.164. The number of thioether (sulfide) groups is 1. The Morgan fingerprint density at radius 1 is 1.28 bits per heavy atom. The molecule has 0 saturated carbocycles. The van der Waals surface area contributed by atoms with E-state index in [1.807, 2.05) is 31.2 Å². The summed E-state index contributed by atoms with van der Waals surface area (Å²) in [4.78, 5) is 31.6. The van der Waals surface area contributed by atoms with Gasteiger partial charge in [-0.1, -0.05) is 53.2 Å². The van der Waals surface area contributed by atoms with Crippen molar-refractivity contribution in [3.8, 4) is 0 Å². The Labute approximate surface area is 155 Å². The highest BCUT2D eigenvalue weighted by atomic mass is 35.5. The minimum Gasteiger partial charge on any atom is -0.469 e. The molecule has 25 heavy (non-hydrogen) atoms. The quantitative estimate of drug-likeness (QED) is 0.452. The van der Waals surface area contributed by atoms with E-state index >= 15 is 0 Å². The van der Waals surface area contributed by atoms with E-state index in [1.165, 1.54) is 30.6 Å². The summed E-state index contributed by atoms with van der Waals surface area (Å²) in [6.45, 7) is 2.18. The van der Waals surface area contributed by atoms with Crippen LogP contribution in [0.3, 0.4) is 0 Å². The summed E-state index contributed by atoms with van der Waals surface area (Å²) < 4.78 is 4.52. The first-order valence-electron chi connectivity index (χ1n) is 7.55. The lowest BCUT2D eigenvalue weighted by Crippen LogP contribution is -2.27. The van der Waals surface area contributed by atoms with Crippen molar-refractivity contribution in [2.45, 2.75) is 24.3 Å². The average Bonchev–Trinajstić information content (AvgIpc) is 2.62. The maximum Gasteiger partial charge on any atom is 0.307 e. The number of amides is 1. The van der Waals surface area contributed by atoms with E-state index in [0.29, 0.717) is 10.9 Å². The Hall–Kier alpha value is -2.12. The van der Waals surface area contributed by atoms with Crippen LogP contribution in [0.15, 0.2) is 35.6 Å². The lowest BCUT2D eigenvalue weighted by atomic mass is 10.2. The number of nitrogens with zero attached hydrogens (tertiary/aromatic N) is 2. The number of aryl methyl sites for hydroxylation is 1. The first-order chi connectivity index (χ1) is 12.0. The molecule has 0 saturated heterocycles. The Morgan fingerprint density at radius 3 is 2.68 bits per heavy atom. The van der Waals surface area contributed by atoms with Gasteiger partial charge in [-0.15, -0.1) is 0 Å². The van der Waals surface area contributed by atoms with Crippen molar-refractivity contribution in [3.63, 3.8) is 0 Å². The van der Waals surface area contributed by atoms with Crippen LogP contribution in [0.4, 0.5) is 0 Å². The molecule has 0 aliphatic carbocycles. The second-order valence-electron chi connectivity index (χ2n) is 5.21. The van der Waals surface area contributed by atoms with Gasteiger partial charge in [-0.2, -0.15) is 0 Å². The fourth-order valence-electron chi connectivity index (χ4n) is 1.88. The summed E-state index contributed by atoms with van der Waals surface area (Å²) in [5, 5.41) is 3.21. The molecule has 0 bridgehead atoms. The van der Waals surface area contributed by atoms with Gasteiger partial charge in [-0.25, -0.2) is 9.97 Å². The van der Waals surface area contributed by atoms with E-state index in [-0.39, 0.29) is 23.7 Å². The summed E-state index contributed by atoms with van der Waals surface area (Å²) in [7, 11) is 1.29. The molecule has 1 heterocycles. The number of hydrogen-bond donors (Lipinski definition) is 1. The second-order valence-corrected chi connectivity index (χ2v) is 6.56. The monoisotopic (exact) mass is 379 g/mol. The number of ether oxygens (including phenoxy) is 1. The molecule has 1 amide bonds. The molecule has 0 aliphatic heterocycles. The molecular weight excluding hydrogens is 362 g/mol. The van der Waals surface area contributed by atoms with Crippen molar-refractivity contribution in [2.24, 2.45) is 0 Å². The van der Waals surface area contributed by atoms with Crippen LogP contribution in [0.25, 0.3) is 0 Å². The number of carbonyl (C=O) groups is 2. The number of carbonyl (C=O) groups excluding carboxylic acids is 2. The third-order valence-electron chi connectivity index (χ3n) is 3.27. The maximum absolute atomic E-state index is 12.2. The van der Waals surface area contributed by atoms with Crippen molar-refractivity contribution in [1.29, 1.82) is 0 Å². The van der Waals surface area contributed by atoms with Gasteiger partial charge >= 0.3 is 5.97 Å². The lowest BCUT2D eigenvalue weighted by molar-refractivity contribution is -0.140. The van der Waals surface area contributed by atoms with Crippen LogP contribution in [0, 0.1) is 6.92 Å². The zero-order valence-corrected chi connectivity index (χ0v) is 15.5. The first-order valence-corrected chi connectivity index (χ1v) is 8.92. The third kappa shape index (κ3) is 6.03. The fraction of sp³-hybridized carbons (Fsp3) is 0.294. The SMILES string of the molecule is COC(=O)CCNC(=O)c1nc(SCc2ccc(C)cc2)ncc1Cl. The summed E-state index contributed by atoms with van der Waals surface area (Å²) in [5.41, 5.74) is 2.42.